The monoisotopic (exact) mass is 616 g/mol. The van der Waals surface area contributed by atoms with Crippen LogP contribution >= 0.6 is 45.3 Å². The van der Waals surface area contributed by atoms with Gasteiger partial charge in [-0.2, -0.15) is 4.52 Å². The number of pyridine rings is 1. The molecule has 0 atom stereocenters. The normalized spacial score (nSPS) is 11.7. The Labute approximate surface area is 258 Å². The summed E-state index contributed by atoms with van der Waals surface area (Å²) in [5.41, 5.74) is 2.91. The van der Waals surface area contributed by atoms with E-state index in [1.165, 1.54) is 103 Å². The smallest absolute Gasteiger partial charge is 0.188 e. The first kappa shape index (κ1) is 28.5. The van der Waals surface area contributed by atoms with Crippen molar-refractivity contribution in [2.75, 3.05) is 0 Å². The summed E-state index contributed by atoms with van der Waals surface area (Å²) in [6.45, 7) is 4.53. The Hall–Kier alpha value is -2.65. The Morgan fingerprint density at radius 1 is 0.537 bits per heavy atom. The average Bonchev–Trinajstić information content (AvgIpc) is 3.82. The Balaban J connectivity index is 1.19. The highest BCUT2D eigenvalue weighted by molar-refractivity contribution is 7.24. The van der Waals surface area contributed by atoms with Crippen LogP contribution in [0.15, 0.2) is 60.7 Å². The largest absolute Gasteiger partial charge is 0.191 e. The summed E-state index contributed by atoms with van der Waals surface area (Å²) in [6, 6.07) is 22.4. The molecular weight excluding hydrogens is 581 g/mol. The van der Waals surface area contributed by atoms with Crippen LogP contribution in [0.2, 0.25) is 0 Å². The van der Waals surface area contributed by atoms with Crippen LogP contribution in [0.4, 0.5) is 0 Å². The molecule has 0 aliphatic rings. The number of fused-ring (bicyclic) bond motifs is 1. The highest BCUT2D eigenvalue weighted by Crippen LogP contribution is 2.41. The lowest BCUT2D eigenvalue weighted by atomic mass is 10.1. The van der Waals surface area contributed by atoms with Gasteiger partial charge in [0.15, 0.2) is 5.65 Å². The number of nitrogens with zero attached hydrogens (tertiary/aromatic N) is 4. The van der Waals surface area contributed by atoms with Crippen molar-refractivity contribution in [2.24, 2.45) is 0 Å². The van der Waals surface area contributed by atoms with Crippen LogP contribution in [-0.4, -0.2) is 20.0 Å². The topological polar surface area (TPSA) is 43.1 Å². The molecule has 212 valence electrons. The van der Waals surface area contributed by atoms with Gasteiger partial charge in [-0.15, -0.1) is 50.4 Å². The summed E-state index contributed by atoms with van der Waals surface area (Å²) >= 11 is 7.50. The van der Waals surface area contributed by atoms with E-state index >= 15 is 0 Å². The van der Waals surface area contributed by atoms with Gasteiger partial charge < -0.3 is 0 Å². The first-order chi connectivity index (χ1) is 20.2. The highest BCUT2D eigenvalue weighted by Gasteiger charge is 2.17. The zero-order chi connectivity index (χ0) is 28.0. The van der Waals surface area contributed by atoms with E-state index in [1.807, 2.05) is 49.9 Å². The van der Waals surface area contributed by atoms with Gasteiger partial charge in [-0.1, -0.05) is 52.4 Å². The Bertz CT molecular complexity index is 1580. The SMILES string of the molecule is CCCCCCc1ccc(-c2ccc(-c3ccc(-c4ccc(-c5ccc(CCCCCC)s5)s4)n4nnnc34)s2)s1. The molecule has 0 spiro atoms. The minimum atomic E-state index is 0.805. The highest BCUT2D eigenvalue weighted by atomic mass is 32.1. The molecule has 0 amide bonds. The minimum Gasteiger partial charge on any atom is -0.191 e. The van der Waals surface area contributed by atoms with E-state index in [9.17, 15) is 0 Å². The molecule has 0 bridgehead atoms. The maximum Gasteiger partial charge on any atom is 0.188 e. The molecule has 0 saturated heterocycles. The molecular formula is C33H36N4S4. The fourth-order valence-electron chi connectivity index (χ4n) is 5.17. The van der Waals surface area contributed by atoms with Crippen molar-refractivity contribution in [2.45, 2.75) is 78.1 Å². The first-order valence-electron chi connectivity index (χ1n) is 14.8. The summed E-state index contributed by atoms with van der Waals surface area (Å²) in [7, 11) is 0. The van der Waals surface area contributed by atoms with Crippen LogP contribution in [0.25, 0.3) is 46.2 Å². The van der Waals surface area contributed by atoms with Crippen molar-refractivity contribution in [3.63, 3.8) is 0 Å². The lowest BCUT2D eigenvalue weighted by Gasteiger charge is -2.04. The Kier molecular flexibility index (Phi) is 9.41. The third kappa shape index (κ3) is 6.56. The van der Waals surface area contributed by atoms with Gasteiger partial charge in [0.1, 0.15) is 0 Å². The van der Waals surface area contributed by atoms with Crippen LogP contribution < -0.4 is 0 Å². The second-order valence-corrected chi connectivity index (χ2v) is 15.0. The molecule has 0 unspecified atom stereocenters. The standard InChI is InChI=1S/C33H36N4S4/c1-3-5-7-9-11-23-13-17-29(38-23)31-21-19-27(40-31)25-15-16-26(37-33(25)34-35-36-37)28-20-22-32(41-28)30-18-14-24(39-30)12-10-8-6-4-2/h13-22H,3-12H2,1-2H3. The van der Waals surface area contributed by atoms with Crippen molar-refractivity contribution < 1.29 is 0 Å². The molecule has 0 saturated carbocycles. The summed E-state index contributed by atoms with van der Waals surface area (Å²) < 4.78 is 1.90. The lowest BCUT2D eigenvalue weighted by Crippen LogP contribution is -1.94. The minimum absolute atomic E-state index is 0.805. The van der Waals surface area contributed by atoms with Crippen molar-refractivity contribution in [1.82, 2.24) is 20.0 Å². The van der Waals surface area contributed by atoms with Gasteiger partial charge in [0.2, 0.25) is 0 Å². The Morgan fingerprint density at radius 3 is 1.71 bits per heavy atom. The van der Waals surface area contributed by atoms with Crippen LogP contribution in [0.3, 0.4) is 0 Å². The molecule has 6 aromatic heterocycles. The third-order valence-electron chi connectivity index (χ3n) is 7.44. The second kappa shape index (κ2) is 13.6. The number of tetrazole rings is 1. The number of hydrogen-bond donors (Lipinski definition) is 0. The van der Waals surface area contributed by atoms with Gasteiger partial charge in [-0.25, -0.2) is 0 Å². The summed E-state index contributed by atoms with van der Waals surface area (Å²) in [5.74, 6) is 0. The van der Waals surface area contributed by atoms with Gasteiger partial charge in [-0.05, 0) is 96.8 Å². The third-order valence-corrected chi connectivity index (χ3v) is 12.3. The van der Waals surface area contributed by atoms with Gasteiger partial charge in [-0.3, -0.25) is 0 Å². The number of rotatable bonds is 14. The molecule has 41 heavy (non-hydrogen) atoms. The molecule has 8 heteroatoms. The molecule has 0 radical (unpaired) electrons. The van der Waals surface area contributed by atoms with Gasteiger partial charge >= 0.3 is 0 Å². The molecule has 6 rings (SSSR count). The lowest BCUT2D eigenvalue weighted by molar-refractivity contribution is 0.670. The molecule has 0 aliphatic carbocycles. The number of aromatic nitrogens is 4. The predicted octanol–water partition coefficient (Wildman–Crippen LogP) is 11.3. The zero-order valence-corrected chi connectivity index (χ0v) is 27.0. The van der Waals surface area contributed by atoms with Gasteiger partial charge in [0, 0.05) is 39.7 Å². The van der Waals surface area contributed by atoms with Gasteiger partial charge in [0.25, 0.3) is 0 Å². The first-order valence-corrected chi connectivity index (χ1v) is 18.1. The zero-order valence-electron chi connectivity index (χ0n) is 23.8. The number of aryl methyl sites for hydroxylation is 2. The Morgan fingerprint density at radius 2 is 1.07 bits per heavy atom. The average molecular weight is 617 g/mol. The molecule has 6 aromatic rings. The molecule has 0 N–H and O–H groups in total. The summed E-state index contributed by atoms with van der Waals surface area (Å²) in [4.78, 5) is 10.7. The summed E-state index contributed by atoms with van der Waals surface area (Å²) in [5, 5.41) is 12.9. The van der Waals surface area contributed by atoms with Gasteiger partial charge in [0.05, 0.1) is 10.6 Å². The van der Waals surface area contributed by atoms with E-state index in [-0.39, 0.29) is 0 Å². The molecule has 6 heterocycles. The van der Waals surface area contributed by atoms with Crippen LogP contribution in [0, 0.1) is 0 Å². The van der Waals surface area contributed by atoms with Crippen LogP contribution in [-0.2, 0) is 12.8 Å². The fourth-order valence-corrected chi connectivity index (χ4v) is 9.49. The van der Waals surface area contributed by atoms with E-state index < -0.39 is 0 Å². The van der Waals surface area contributed by atoms with Crippen molar-refractivity contribution in [3.05, 3.63) is 70.4 Å². The van der Waals surface area contributed by atoms with Crippen LogP contribution in [0.1, 0.15) is 75.0 Å². The summed E-state index contributed by atoms with van der Waals surface area (Å²) in [6.07, 6.45) is 12.8. The predicted molar refractivity (Wildman–Crippen MR) is 180 cm³/mol. The second-order valence-electron chi connectivity index (χ2n) is 10.5. The van der Waals surface area contributed by atoms with Crippen LogP contribution in [0.5, 0.6) is 0 Å². The molecule has 0 aromatic carbocycles. The van der Waals surface area contributed by atoms with E-state index in [0.29, 0.717) is 0 Å². The van der Waals surface area contributed by atoms with E-state index in [1.54, 1.807) is 0 Å². The van der Waals surface area contributed by atoms with Crippen molar-refractivity contribution in [1.29, 1.82) is 0 Å². The van der Waals surface area contributed by atoms with E-state index in [2.05, 4.69) is 90.0 Å². The molecule has 0 fully saturated rings. The molecule has 4 nitrogen and oxygen atoms in total. The quantitative estimate of drug-likeness (QED) is 0.114. The maximum absolute atomic E-state index is 4.44. The van der Waals surface area contributed by atoms with Crippen molar-refractivity contribution in [3.8, 4) is 40.5 Å². The van der Waals surface area contributed by atoms with Crippen molar-refractivity contribution >= 4 is 51.0 Å². The molecule has 0 aliphatic heterocycles. The number of hydrogen-bond acceptors (Lipinski definition) is 7. The number of thiophene rings is 4. The maximum atomic E-state index is 4.44. The van der Waals surface area contributed by atoms with E-state index in [0.717, 1.165) is 16.9 Å². The fraction of sp³-hybridized carbons (Fsp3) is 0.364. The number of unbranched alkanes of at least 4 members (excludes halogenated alkanes) is 6. The van der Waals surface area contributed by atoms with E-state index in [4.69, 9.17) is 0 Å².